The zero-order valence-corrected chi connectivity index (χ0v) is 22.1. The molecule has 2 heterocycles. The summed E-state index contributed by atoms with van der Waals surface area (Å²) in [6, 6.07) is 11.7. The van der Waals surface area contributed by atoms with Crippen LogP contribution in [0.4, 0.5) is 0 Å². The van der Waals surface area contributed by atoms with Crippen LogP contribution in [0.25, 0.3) is 6.08 Å². The van der Waals surface area contributed by atoms with Gasteiger partial charge in [0.1, 0.15) is 10.9 Å². The summed E-state index contributed by atoms with van der Waals surface area (Å²) in [5, 5.41) is 0. The molecule has 32 heavy (non-hydrogen) atoms. The number of hydrogen-bond acceptors (Lipinski definition) is 6. The van der Waals surface area contributed by atoms with Gasteiger partial charge in [-0.1, -0.05) is 68.0 Å². The molecular formula is C23H21Br2NO4S2. The highest BCUT2D eigenvalue weighted by Gasteiger charge is 2.34. The van der Waals surface area contributed by atoms with Crippen molar-refractivity contribution in [3.8, 4) is 11.5 Å². The van der Waals surface area contributed by atoms with Gasteiger partial charge in [-0.3, -0.25) is 9.69 Å². The van der Waals surface area contributed by atoms with E-state index in [-0.39, 0.29) is 12.0 Å². The smallest absolute Gasteiger partial charge is 0.266 e. The van der Waals surface area contributed by atoms with Gasteiger partial charge in [-0.15, -0.1) is 0 Å². The third kappa shape index (κ3) is 5.56. The molecule has 1 amide bonds. The Balaban J connectivity index is 1.50. The van der Waals surface area contributed by atoms with Crippen LogP contribution in [0.1, 0.15) is 24.0 Å². The van der Waals surface area contributed by atoms with Crippen LogP contribution in [-0.2, 0) is 16.1 Å². The summed E-state index contributed by atoms with van der Waals surface area (Å²) >= 11 is 13.8. The Kier molecular flexibility index (Phi) is 7.94. The van der Waals surface area contributed by atoms with Crippen LogP contribution in [0.2, 0.25) is 0 Å². The molecule has 2 aliphatic rings. The molecule has 2 aliphatic heterocycles. The van der Waals surface area contributed by atoms with Gasteiger partial charge in [-0.25, -0.2) is 0 Å². The first kappa shape index (κ1) is 23.8. The van der Waals surface area contributed by atoms with Crippen LogP contribution in [0, 0.1) is 0 Å². The zero-order valence-electron chi connectivity index (χ0n) is 17.3. The molecule has 0 spiro atoms. The van der Waals surface area contributed by atoms with Gasteiger partial charge < -0.3 is 14.2 Å². The summed E-state index contributed by atoms with van der Waals surface area (Å²) in [4.78, 5) is 15.2. The molecule has 0 bridgehead atoms. The number of methoxy groups -OCH3 is 1. The normalized spacial score (nSPS) is 19.8. The molecule has 0 aromatic heterocycles. The maximum absolute atomic E-state index is 12.9. The molecule has 4 rings (SSSR count). The van der Waals surface area contributed by atoms with Gasteiger partial charge in [0.15, 0.2) is 11.5 Å². The highest BCUT2D eigenvalue weighted by molar-refractivity contribution is 9.10. The predicted octanol–water partition coefficient (Wildman–Crippen LogP) is 6.18. The summed E-state index contributed by atoms with van der Waals surface area (Å²) in [5.74, 6) is 1.12. The van der Waals surface area contributed by atoms with Crippen molar-refractivity contribution in [3.63, 3.8) is 0 Å². The average Bonchev–Trinajstić information content (AvgIpc) is 3.39. The molecule has 9 heteroatoms. The summed E-state index contributed by atoms with van der Waals surface area (Å²) in [7, 11) is 1.60. The lowest BCUT2D eigenvalue weighted by atomic mass is 10.1. The largest absolute Gasteiger partial charge is 0.493 e. The Labute approximate surface area is 213 Å². The second-order valence-corrected chi connectivity index (χ2v) is 10.8. The second kappa shape index (κ2) is 10.7. The van der Waals surface area contributed by atoms with Crippen LogP contribution in [0.3, 0.4) is 0 Å². The Morgan fingerprint density at radius 1 is 1.25 bits per heavy atom. The number of hydrogen-bond donors (Lipinski definition) is 0. The monoisotopic (exact) mass is 597 g/mol. The lowest BCUT2D eigenvalue weighted by Crippen LogP contribution is -2.35. The molecular weight excluding hydrogens is 578 g/mol. The maximum atomic E-state index is 12.9. The lowest BCUT2D eigenvalue weighted by molar-refractivity contribution is -0.123. The molecule has 0 N–H and O–H groups in total. The van der Waals surface area contributed by atoms with E-state index in [4.69, 9.17) is 26.4 Å². The van der Waals surface area contributed by atoms with Gasteiger partial charge in [-0.05, 0) is 54.3 Å². The number of rotatable bonds is 7. The first-order chi connectivity index (χ1) is 15.4. The fraction of sp³-hybridized carbons (Fsp3) is 0.304. The fourth-order valence-electron chi connectivity index (χ4n) is 3.47. The second-order valence-electron chi connectivity index (χ2n) is 7.37. The van der Waals surface area contributed by atoms with E-state index in [1.807, 2.05) is 42.5 Å². The van der Waals surface area contributed by atoms with Crippen molar-refractivity contribution in [3.05, 3.63) is 61.4 Å². The third-order valence-electron chi connectivity index (χ3n) is 5.16. The summed E-state index contributed by atoms with van der Waals surface area (Å²) in [6.45, 7) is 1.67. The maximum Gasteiger partial charge on any atom is 0.266 e. The van der Waals surface area contributed by atoms with Crippen LogP contribution < -0.4 is 9.47 Å². The van der Waals surface area contributed by atoms with Crippen LogP contribution in [0.15, 0.2) is 50.2 Å². The highest BCUT2D eigenvalue weighted by atomic mass is 79.9. The molecule has 0 aliphatic carbocycles. The van der Waals surface area contributed by atoms with Gasteiger partial charge in [-0.2, -0.15) is 0 Å². The van der Waals surface area contributed by atoms with Crippen molar-refractivity contribution in [2.45, 2.75) is 25.6 Å². The molecule has 1 atom stereocenters. The predicted molar refractivity (Wildman–Crippen MR) is 138 cm³/mol. The molecule has 2 saturated heterocycles. The standard InChI is InChI=1S/C23H21Br2NO4S2/c1-28-19-9-15(18(25)11-20(19)30-13-14-4-6-16(24)7-5-14)10-21-22(27)26(23(31)32-21)12-17-3-2-8-29-17/h4-7,9-11,17H,2-3,8,12-13H2,1H3/b21-10-/t17-/m1/s1. The number of thiocarbonyl (C=S) groups is 1. The number of thioether (sulfide) groups is 1. The first-order valence-electron chi connectivity index (χ1n) is 10.1. The molecule has 2 fully saturated rings. The molecule has 5 nitrogen and oxygen atoms in total. The van der Waals surface area contributed by atoms with Crippen LogP contribution in [-0.4, -0.2) is 41.5 Å². The van der Waals surface area contributed by atoms with Crippen molar-refractivity contribution in [1.29, 1.82) is 0 Å². The van der Waals surface area contributed by atoms with E-state index in [1.54, 1.807) is 12.0 Å². The third-order valence-corrected chi connectivity index (χ3v) is 7.75. The number of nitrogens with zero attached hydrogens (tertiary/aromatic N) is 1. The summed E-state index contributed by atoms with van der Waals surface area (Å²) in [5.41, 5.74) is 1.86. The molecule has 2 aromatic rings. The average molecular weight is 599 g/mol. The zero-order chi connectivity index (χ0) is 22.7. The number of amides is 1. The Hall–Kier alpha value is -1.39. The molecule has 0 saturated carbocycles. The van der Waals surface area contributed by atoms with Gasteiger partial charge in [0.25, 0.3) is 5.91 Å². The van der Waals surface area contributed by atoms with Crippen molar-refractivity contribution in [2.24, 2.45) is 0 Å². The van der Waals surface area contributed by atoms with Crippen molar-refractivity contribution >= 4 is 72.1 Å². The summed E-state index contributed by atoms with van der Waals surface area (Å²) < 4.78 is 19.6. The first-order valence-corrected chi connectivity index (χ1v) is 12.9. The number of carbonyl (C=O) groups excluding carboxylic acids is 1. The topological polar surface area (TPSA) is 48.0 Å². The van der Waals surface area contributed by atoms with Gasteiger partial charge in [0.2, 0.25) is 0 Å². The van der Waals surface area contributed by atoms with E-state index >= 15 is 0 Å². The van der Waals surface area contributed by atoms with E-state index in [0.717, 1.165) is 39.5 Å². The van der Waals surface area contributed by atoms with Crippen LogP contribution in [0.5, 0.6) is 11.5 Å². The number of carbonyl (C=O) groups is 1. The Morgan fingerprint density at radius 2 is 2.03 bits per heavy atom. The van der Waals surface area contributed by atoms with E-state index in [2.05, 4.69) is 31.9 Å². The van der Waals surface area contributed by atoms with Crippen molar-refractivity contribution in [2.75, 3.05) is 20.3 Å². The minimum atomic E-state index is -0.0862. The Morgan fingerprint density at radius 3 is 2.72 bits per heavy atom. The summed E-state index contributed by atoms with van der Waals surface area (Å²) in [6.07, 6.45) is 3.88. The quantitative estimate of drug-likeness (QED) is 0.280. The van der Waals surface area contributed by atoms with Gasteiger partial charge >= 0.3 is 0 Å². The molecule has 0 unspecified atom stereocenters. The van der Waals surface area contributed by atoms with Gasteiger partial charge in [0, 0.05) is 15.6 Å². The fourth-order valence-corrected chi connectivity index (χ4v) is 5.43. The van der Waals surface area contributed by atoms with E-state index in [0.29, 0.717) is 33.9 Å². The van der Waals surface area contributed by atoms with Crippen molar-refractivity contribution < 1.29 is 19.0 Å². The minimum Gasteiger partial charge on any atom is -0.493 e. The molecule has 0 radical (unpaired) electrons. The number of ether oxygens (including phenoxy) is 3. The molecule has 168 valence electrons. The van der Waals surface area contributed by atoms with Crippen LogP contribution >= 0.6 is 55.8 Å². The number of benzene rings is 2. The Bertz CT molecular complexity index is 1050. The van der Waals surface area contributed by atoms with E-state index in [9.17, 15) is 4.79 Å². The minimum absolute atomic E-state index is 0.0610. The van der Waals surface area contributed by atoms with E-state index < -0.39 is 0 Å². The van der Waals surface area contributed by atoms with Crippen molar-refractivity contribution in [1.82, 2.24) is 4.90 Å². The van der Waals surface area contributed by atoms with Gasteiger partial charge in [0.05, 0.1) is 24.7 Å². The van der Waals surface area contributed by atoms with E-state index in [1.165, 1.54) is 11.8 Å². The molecule has 2 aromatic carbocycles. The SMILES string of the molecule is COc1cc(/C=C2\SC(=S)N(C[C@H]3CCCO3)C2=O)c(Br)cc1OCc1ccc(Br)cc1. The number of halogens is 2. The highest BCUT2D eigenvalue weighted by Crippen LogP contribution is 2.38. The lowest BCUT2D eigenvalue weighted by Gasteiger charge is -2.18.